The summed E-state index contributed by atoms with van der Waals surface area (Å²) in [7, 11) is 0. The number of hydrogen-bond donors (Lipinski definition) is 1. The van der Waals surface area contributed by atoms with Gasteiger partial charge in [-0.25, -0.2) is 4.98 Å². The van der Waals surface area contributed by atoms with Gasteiger partial charge in [-0.1, -0.05) is 0 Å². The second kappa shape index (κ2) is 8.18. The maximum Gasteiger partial charge on any atom is 0.272 e. The largest absolute Gasteiger partial charge is 0.494 e. The van der Waals surface area contributed by atoms with Crippen molar-refractivity contribution in [3.63, 3.8) is 0 Å². The minimum absolute atomic E-state index is 0.0144. The fourth-order valence-corrected chi connectivity index (χ4v) is 3.60. The van der Waals surface area contributed by atoms with E-state index >= 15 is 0 Å². The number of ether oxygens (including phenoxy) is 1. The molecule has 0 aliphatic rings. The Labute approximate surface area is 166 Å². The van der Waals surface area contributed by atoms with Crippen LogP contribution in [0.4, 0.5) is 10.8 Å². The fourth-order valence-electron chi connectivity index (χ4n) is 2.76. The molecule has 0 aliphatic heterocycles. The van der Waals surface area contributed by atoms with E-state index in [1.165, 1.54) is 29.5 Å². The zero-order chi connectivity index (χ0) is 20.3. The van der Waals surface area contributed by atoms with E-state index < -0.39 is 4.92 Å². The Balaban J connectivity index is 1.78. The minimum Gasteiger partial charge on any atom is -0.494 e. The number of amides is 1. The van der Waals surface area contributed by atoms with E-state index in [1.807, 2.05) is 38.1 Å². The third-order valence-corrected chi connectivity index (χ3v) is 5.00. The van der Waals surface area contributed by atoms with Crippen LogP contribution >= 0.6 is 11.3 Å². The molecule has 0 unspecified atom stereocenters. The normalized spacial score (nSPS) is 10.5. The number of carbonyl (C=O) groups is 1. The topological polar surface area (TPSA) is 94.4 Å². The van der Waals surface area contributed by atoms with Gasteiger partial charge < -0.3 is 4.74 Å². The van der Waals surface area contributed by atoms with E-state index in [4.69, 9.17) is 4.74 Å². The Bertz CT molecular complexity index is 1030. The third kappa shape index (κ3) is 4.17. The van der Waals surface area contributed by atoms with E-state index in [2.05, 4.69) is 10.3 Å². The van der Waals surface area contributed by atoms with Gasteiger partial charge in [-0.15, -0.1) is 11.3 Å². The van der Waals surface area contributed by atoms with E-state index in [1.54, 1.807) is 6.92 Å². The number of carbonyl (C=O) groups excluding carboxylic acids is 1. The zero-order valence-electron chi connectivity index (χ0n) is 15.7. The highest BCUT2D eigenvalue weighted by Crippen LogP contribution is 2.31. The van der Waals surface area contributed by atoms with Crippen LogP contribution < -0.4 is 10.1 Å². The minimum atomic E-state index is -0.468. The van der Waals surface area contributed by atoms with Gasteiger partial charge in [0.05, 0.1) is 17.2 Å². The molecule has 0 fully saturated rings. The van der Waals surface area contributed by atoms with Crippen LogP contribution in [0.25, 0.3) is 11.3 Å². The van der Waals surface area contributed by atoms with Crippen LogP contribution in [0.1, 0.15) is 27.7 Å². The predicted molar refractivity (Wildman–Crippen MR) is 109 cm³/mol. The number of hydrogen-bond acceptors (Lipinski definition) is 6. The summed E-state index contributed by atoms with van der Waals surface area (Å²) in [5.41, 5.74) is 2.49. The quantitative estimate of drug-likeness (QED) is 0.467. The highest BCUT2D eigenvalue weighted by molar-refractivity contribution is 7.16. The van der Waals surface area contributed by atoms with Crippen LogP contribution in [0.3, 0.4) is 0 Å². The summed E-state index contributed by atoms with van der Waals surface area (Å²) in [6, 6.07) is 11.9. The Kier molecular flexibility index (Phi) is 5.70. The number of nitrogens with zero attached hydrogens (tertiary/aromatic N) is 2. The first-order chi connectivity index (χ1) is 13.4. The predicted octanol–water partition coefficient (Wildman–Crippen LogP) is 4.99. The summed E-state index contributed by atoms with van der Waals surface area (Å²) in [6.07, 6.45) is 0. The lowest BCUT2D eigenvalue weighted by Gasteiger charge is -2.04. The Hall–Kier alpha value is -3.26. The van der Waals surface area contributed by atoms with Crippen LogP contribution in [0.5, 0.6) is 5.75 Å². The summed E-state index contributed by atoms with van der Waals surface area (Å²) in [6.45, 7) is 6.08. The van der Waals surface area contributed by atoms with Gasteiger partial charge in [-0.05, 0) is 57.2 Å². The van der Waals surface area contributed by atoms with E-state index in [0.29, 0.717) is 22.9 Å². The number of aromatic nitrogens is 1. The van der Waals surface area contributed by atoms with Crippen LogP contribution in [0.2, 0.25) is 0 Å². The van der Waals surface area contributed by atoms with Gasteiger partial charge in [-0.2, -0.15) is 0 Å². The monoisotopic (exact) mass is 397 g/mol. The average molecular weight is 397 g/mol. The van der Waals surface area contributed by atoms with Crippen molar-refractivity contribution in [3.8, 4) is 17.0 Å². The van der Waals surface area contributed by atoms with Gasteiger partial charge in [0.15, 0.2) is 5.13 Å². The number of nitro benzene ring substituents is 1. The molecule has 8 heteroatoms. The standard InChI is InChI=1S/C20H19N3O4S/c1-4-27-16-8-5-14(6-9-16)18-13(3)28-20(21-18)22-19(24)15-7-10-17(23(25)26)12(2)11-15/h5-11H,4H2,1-3H3,(H,21,22,24). The van der Waals surface area contributed by atoms with Crippen LogP contribution in [0, 0.1) is 24.0 Å². The van der Waals surface area contributed by atoms with Crippen molar-refractivity contribution in [2.24, 2.45) is 0 Å². The molecule has 1 heterocycles. The van der Waals surface area contributed by atoms with Gasteiger partial charge in [-0.3, -0.25) is 20.2 Å². The molecule has 7 nitrogen and oxygen atoms in total. The molecule has 2 aromatic carbocycles. The average Bonchev–Trinajstić information content (AvgIpc) is 3.02. The Morgan fingerprint density at radius 3 is 2.54 bits per heavy atom. The first-order valence-electron chi connectivity index (χ1n) is 8.66. The maximum atomic E-state index is 12.5. The Morgan fingerprint density at radius 2 is 1.93 bits per heavy atom. The molecular weight excluding hydrogens is 378 g/mol. The van der Waals surface area contributed by atoms with Gasteiger partial charge >= 0.3 is 0 Å². The lowest BCUT2D eigenvalue weighted by atomic mass is 10.1. The number of nitro groups is 1. The first-order valence-corrected chi connectivity index (χ1v) is 9.47. The lowest BCUT2D eigenvalue weighted by Crippen LogP contribution is -2.12. The van der Waals surface area contributed by atoms with Gasteiger partial charge in [0, 0.05) is 27.6 Å². The number of thiazole rings is 1. The number of anilines is 1. The summed E-state index contributed by atoms with van der Waals surface area (Å²) in [4.78, 5) is 28.4. The van der Waals surface area contributed by atoms with E-state index in [0.717, 1.165) is 21.9 Å². The van der Waals surface area contributed by atoms with Crippen molar-refractivity contribution in [3.05, 3.63) is 68.6 Å². The van der Waals surface area contributed by atoms with Gasteiger partial charge in [0.25, 0.3) is 11.6 Å². The van der Waals surface area contributed by atoms with Crippen molar-refractivity contribution in [1.82, 2.24) is 4.98 Å². The van der Waals surface area contributed by atoms with E-state index in [-0.39, 0.29) is 11.6 Å². The van der Waals surface area contributed by atoms with Crippen molar-refractivity contribution in [2.45, 2.75) is 20.8 Å². The van der Waals surface area contributed by atoms with Gasteiger partial charge in [0.2, 0.25) is 0 Å². The lowest BCUT2D eigenvalue weighted by molar-refractivity contribution is -0.385. The molecule has 1 aromatic heterocycles. The SMILES string of the molecule is CCOc1ccc(-c2nc(NC(=O)c3ccc([N+](=O)[O-])c(C)c3)sc2C)cc1. The number of benzene rings is 2. The van der Waals surface area contributed by atoms with Crippen LogP contribution in [0.15, 0.2) is 42.5 Å². The van der Waals surface area contributed by atoms with Crippen LogP contribution in [-0.4, -0.2) is 22.4 Å². The number of aryl methyl sites for hydroxylation is 2. The molecule has 0 aliphatic carbocycles. The molecule has 1 amide bonds. The van der Waals surface area contributed by atoms with Crippen molar-refractivity contribution in [2.75, 3.05) is 11.9 Å². The smallest absolute Gasteiger partial charge is 0.272 e. The summed E-state index contributed by atoms with van der Waals surface area (Å²) in [5.74, 6) is 0.436. The van der Waals surface area contributed by atoms with Gasteiger partial charge in [0.1, 0.15) is 5.75 Å². The highest BCUT2D eigenvalue weighted by atomic mass is 32.1. The maximum absolute atomic E-state index is 12.5. The molecule has 0 bridgehead atoms. The van der Waals surface area contributed by atoms with Crippen molar-refractivity contribution >= 4 is 28.1 Å². The molecule has 0 spiro atoms. The molecule has 144 valence electrons. The van der Waals surface area contributed by atoms with Crippen LogP contribution in [-0.2, 0) is 0 Å². The number of rotatable bonds is 6. The molecule has 0 atom stereocenters. The second-order valence-corrected chi connectivity index (χ2v) is 7.30. The van der Waals surface area contributed by atoms with Crippen molar-refractivity contribution < 1.29 is 14.5 Å². The molecule has 0 saturated carbocycles. The summed E-state index contributed by atoms with van der Waals surface area (Å²) < 4.78 is 5.45. The zero-order valence-corrected chi connectivity index (χ0v) is 16.5. The Morgan fingerprint density at radius 1 is 1.21 bits per heavy atom. The summed E-state index contributed by atoms with van der Waals surface area (Å²) >= 11 is 1.38. The summed E-state index contributed by atoms with van der Waals surface area (Å²) in [5, 5.41) is 14.2. The third-order valence-electron chi connectivity index (χ3n) is 4.11. The molecule has 1 N–H and O–H groups in total. The van der Waals surface area contributed by atoms with Crippen molar-refractivity contribution in [1.29, 1.82) is 0 Å². The molecule has 3 aromatic rings. The molecule has 0 saturated heterocycles. The second-order valence-electron chi connectivity index (χ2n) is 6.09. The van der Waals surface area contributed by atoms with E-state index in [9.17, 15) is 14.9 Å². The highest BCUT2D eigenvalue weighted by Gasteiger charge is 2.16. The fraction of sp³-hybridized carbons (Fsp3) is 0.200. The first kappa shape index (κ1) is 19.5. The number of nitrogens with one attached hydrogen (secondary N) is 1. The molecule has 28 heavy (non-hydrogen) atoms. The molecule has 3 rings (SSSR count). The molecule has 0 radical (unpaired) electrons. The molecular formula is C20H19N3O4S.